The summed E-state index contributed by atoms with van der Waals surface area (Å²) < 4.78 is 38.2. The fraction of sp³-hybridized carbons (Fsp3) is 0.500. The fourth-order valence-corrected chi connectivity index (χ4v) is 4.83. The number of halogens is 2. The van der Waals surface area contributed by atoms with E-state index in [4.69, 9.17) is 9.47 Å². The highest BCUT2D eigenvalue weighted by Gasteiger charge is 2.62. The fourth-order valence-electron chi connectivity index (χ4n) is 4.83. The molecule has 3 rings (SSSR count). The van der Waals surface area contributed by atoms with Gasteiger partial charge in [0.1, 0.15) is 11.5 Å². The van der Waals surface area contributed by atoms with Crippen molar-refractivity contribution in [3.05, 3.63) is 59.2 Å². The highest BCUT2D eigenvalue weighted by molar-refractivity contribution is 5.88. The number of hydrogen-bond donors (Lipinski definition) is 2. The molecule has 0 saturated heterocycles. The Morgan fingerprint density at radius 3 is 2.16 bits per heavy atom. The van der Waals surface area contributed by atoms with Crippen LogP contribution >= 0.6 is 0 Å². The second kappa shape index (κ2) is 11.8. The van der Waals surface area contributed by atoms with Gasteiger partial charge in [0, 0.05) is 24.9 Å². The Hall–Kier alpha value is -3.36. The topological polar surface area (TPSA) is 88.1 Å². The summed E-state index contributed by atoms with van der Waals surface area (Å²) in [5.41, 5.74) is 0.786. The summed E-state index contributed by atoms with van der Waals surface area (Å²) in [5, 5.41) is 12.0. The molecule has 1 fully saturated rings. The van der Waals surface area contributed by atoms with E-state index in [0.29, 0.717) is 24.5 Å². The third kappa shape index (κ3) is 6.70. The molecule has 1 saturated carbocycles. The van der Waals surface area contributed by atoms with Gasteiger partial charge in [0.05, 0.1) is 20.3 Å². The van der Waals surface area contributed by atoms with Gasteiger partial charge in [-0.25, -0.2) is 18.4 Å². The van der Waals surface area contributed by atoms with E-state index in [2.05, 4.69) is 17.4 Å². The van der Waals surface area contributed by atoms with Crippen LogP contribution < -0.4 is 14.8 Å². The number of hydrogen-bond acceptors (Lipinski definition) is 4. The van der Waals surface area contributed by atoms with Gasteiger partial charge in [-0.2, -0.15) is 0 Å². The van der Waals surface area contributed by atoms with E-state index in [0.717, 1.165) is 30.4 Å². The summed E-state index contributed by atoms with van der Waals surface area (Å²) >= 11 is 0. The van der Waals surface area contributed by atoms with E-state index >= 15 is 0 Å². The second-order valence-corrected chi connectivity index (χ2v) is 9.74. The summed E-state index contributed by atoms with van der Waals surface area (Å²) in [7, 11) is 3.08. The quantitative estimate of drug-likeness (QED) is 0.349. The van der Waals surface area contributed by atoms with E-state index in [1.165, 1.54) is 10.5 Å². The molecule has 0 heterocycles. The lowest BCUT2D eigenvalue weighted by Gasteiger charge is -2.45. The number of unbranched alkanes of at least 4 members (excludes halogenated alkanes) is 2. The van der Waals surface area contributed by atoms with Gasteiger partial charge >= 0.3 is 12.0 Å². The number of alkyl halides is 2. The number of nitrogens with one attached hydrogen (secondary N) is 1. The lowest BCUT2D eigenvalue weighted by molar-refractivity contribution is -0.175. The number of ether oxygens (including phenoxy) is 2. The van der Waals surface area contributed by atoms with Gasteiger partial charge < -0.3 is 24.8 Å². The van der Waals surface area contributed by atoms with Crippen LogP contribution in [0.15, 0.2) is 42.5 Å². The number of amides is 2. The smallest absolute Gasteiger partial charge is 0.329 e. The average molecular weight is 519 g/mol. The van der Waals surface area contributed by atoms with Crippen LogP contribution in [0.5, 0.6) is 11.5 Å². The molecule has 202 valence electrons. The number of carboxylic acid groups (broad SMARTS) is 1. The van der Waals surface area contributed by atoms with Crippen LogP contribution in [0.1, 0.15) is 61.8 Å². The Bertz CT molecular complexity index is 1060. The van der Waals surface area contributed by atoms with Crippen LogP contribution in [0.3, 0.4) is 0 Å². The van der Waals surface area contributed by atoms with Gasteiger partial charge in [-0.3, -0.25) is 0 Å². The average Bonchev–Trinajstić information content (AvgIpc) is 2.85. The van der Waals surface area contributed by atoms with Crippen LogP contribution in [0, 0.1) is 6.92 Å². The Morgan fingerprint density at radius 1 is 1.05 bits per heavy atom. The molecule has 0 bridgehead atoms. The molecule has 37 heavy (non-hydrogen) atoms. The number of rotatable bonds is 12. The number of urea groups is 1. The molecule has 2 aromatic carbocycles. The minimum atomic E-state index is -3.11. The number of carbonyl (C=O) groups is 2. The maximum atomic E-state index is 13.6. The van der Waals surface area contributed by atoms with Gasteiger partial charge in [-0.05, 0) is 56.4 Å². The van der Waals surface area contributed by atoms with Gasteiger partial charge in [0.25, 0.3) is 5.92 Å². The lowest BCUT2D eigenvalue weighted by atomic mass is 9.73. The molecular formula is C28H36F2N2O5. The van der Waals surface area contributed by atoms with Crippen molar-refractivity contribution in [2.45, 2.75) is 69.9 Å². The van der Waals surface area contributed by atoms with E-state index in [1.807, 2.05) is 44.2 Å². The second-order valence-electron chi connectivity index (χ2n) is 9.74. The van der Waals surface area contributed by atoms with Crippen molar-refractivity contribution in [2.75, 3.05) is 20.8 Å². The van der Waals surface area contributed by atoms with Gasteiger partial charge in [0.15, 0.2) is 5.54 Å². The highest BCUT2D eigenvalue weighted by Crippen LogP contribution is 2.46. The normalized spacial score (nSPS) is 16.3. The van der Waals surface area contributed by atoms with E-state index in [-0.39, 0.29) is 0 Å². The molecule has 0 unspecified atom stereocenters. The minimum absolute atomic E-state index is 0.326. The first-order chi connectivity index (χ1) is 17.5. The van der Waals surface area contributed by atoms with Crippen LogP contribution in [-0.4, -0.2) is 54.2 Å². The van der Waals surface area contributed by atoms with Crippen LogP contribution in [0.2, 0.25) is 0 Å². The number of methoxy groups -OCH3 is 2. The van der Waals surface area contributed by atoms with Crippen molar-refractivity contribution in [1.82, 2.24) is 10.2 Å². The number of nitrogens with zero attached hydrogens (tertiary/aromatic N) is 1. The first-order valence-corrected chi connectivity index (χ1v) is 12.5. The largest absolute Gasteiger partial charge is 0.496 e. The lowest BCUT2D eigenvalue weighted by Crippen LogP contribution is -2.68. The first-order valence-electron chi connectivity index (χ1n) is 12.5. The number of carbonyl (C=O) groups excluding carboxylic acids is 1. The molecule has 0 aliphatic heterocycles. The maximum Gasteiger partial charge on any atom is 0.329 e. The van der Waals surface area contributed by atoms with Crippen molar-refractivity contribution in [3.63, 3.8) is 0 Å². The SMILES string of the molecule is COc1cc([C@@H](C)N(CCCCCc2ccccc2)C(=O)NC2(C(=O)O)CC(F)(F)C2)cc(OC)c1C. The zero-order chi connectivity index (χ0) is 27.2. The summed E-state index contributed by atoms with van der Waals surface area (Å²) in [6, 6.07) is 12.5. The predicted octanol–water partition coefficient (Wildman–Crippen LogP) is 5.75. The molecule has 1 aliphatic carbocycles. The van der Waals surface area contributed by atoms with Crippen molar-refractivity contribution < 1.29 is 33.0 Å². The maximum absolute atomic E-state index is 13.6. The Kier molecular flexibility index (Phi) is 8.99. The van der Waals surface area contributed by atoms with Crippen molar-refractivity contribution >= 4 is 12.0 Å². The summed E-state index contributed by atoms with van der Waals surface area (Å²) in [4.78, 5) is 26.7. The molecule has 2 aromatic rings. The standard InChI is InChI=1S/C28H36F2N2O5/c1-19-23(36-3)15-22(16-24(19)37-4)20(2)32(14-10-6-9-13-21-11-7-5-8-12-21)26(35)31-27(25(33)34)17-28(29,30)18-27/h5,7-8,11-12,15-16,20H,6,9-10,13-14,17-18H2,1-4H3,(H,31,35)(H,33,34)/t20-/m1/s1. The summed E-state index contributed by atoms with van der Waals surface area (Å²) in [6.45, 7) is 4.00. The number of benzene rings is 2. The molecule has 7 nitrogen and oxygen atoms in total. The van der Waals surface area contributed by atoms with E-state index < -0.39 is 42.3 Å². The zero-order valence-electron chi connectivity index (χ0n) is 21.9. The molecule has 9 heteroatoms. The first kappa shape index (κ1) is 28.2. The van der Waals surface area contributed by atoms with Crippen molar-refractivity contribution in [3.8, 4) is 11.5 Å². The predicted molar refractivity (Wildman–Crippen MR) is 136 cm³/mol. The number of aryl methyl sites for hydroxylation is 1. The molecule has 1 aliphatic rings. The van der Waals surface area contributed by atoms with Crippen LogP contribution in [0.25, 0.3) is 0 Å². The summed E-state index contributed by atoms with van der Waals surface area (Å²) in [6.07, 6.45) is 1.49. The Labute approximate surface area is 216 Å². The summed E-state index contributed by atoms with van der Waals surface area (Å²) in [5.74, 6) is -3.40. The Morgan fingerprint density at radius 2 is 1.65 bits per heavy atom. The third-order valence-electron chi connectivity index (χ3n) is 7.07. The molecular weight excluding hydrogens is 482 g/mol. The Balaban J connectivity index is 1.78. The third-order valence-corrected chi connectivity index (χ3v) is 7.07. The van der Waals surface area contributed by atoms with Crippen molar-refractivity contribution in [2.24, 2.45) is 0 Å². The van der Waals surface area contributed by atoms with Crippen LogP contribution in [-0.2, 0) is 11.2 Å². The number of carboxylic acids is 1. The molecule has 0 spiro atoms. The van der Waals surface area contributed by atoms with Crippen molar-refractivity contribution in [1.29, 1.82) is 0 Å². The molecule has 0 radical (unpaired) electrons. The molecule has 1 atom stereocenters. The van der Waals surface area contributed by atoms with Crippen LogP contribution in [0.4, 0.5) is 13.6 Å². The molecule has 2 amide bonds. The zero-order valence-corrected chi connectivity index (χ0v) is 21.9. The molecule has 2 N–H and O–H groups in total. The minimum Gasteiger partial charge on any atom is -0.496 e. The van der Waals surface area contributed by atoms with Gasteiger partial charge in [0.2, 0.25) is 0 Å². The number of aliphatic carboxylic acids is 1. The van der Waals surface area contributed by atoms with Gasteiger partial charge in [-0.15, -0.1) is 0 Å². The molecule has 0 aromatic heterocycles. The highest BCUT2D eigenvalue weighted by atomic mass is 19.3. The van der Waals surface area contributed by atoms with Gasteiger partial charge in [-0.1, -0.05) is 36.8 Å². The monoisotopic (exact) mass is 518 g/mol. The van der Waals surface area contributed by atoms with E-state index in [1.54, 1.807) is 14.2 Å². The van der Waals surface area contributed by atoms with E-state index in [9.17, 15) is 23.5 Å².